The van der Waals surface area contributed by atoms with Gasteiger partial charge in [0.05, 0.1) is 4.90 Å². The average molecular weight is 291 g/mol. The highest BCUT2D eigenvalue weighted by atomic mass is 32.2. The first kappa shape index (κ1) is 15.1. The van der Waals surface area contributed by atoms with Crippen LogP contribution < -0.4 is 0 Å². The lowest BCUT2D eigenvalue weighted by Crippen LogP contribution is -2.37. The number of hydrogen-bond donors (Lipinski definition) is 1. The fourth-order valence-electron chi connectivity index (χ4n) is 1.62. The van der Waals surface area contributed by atoms with Crippen LogP contribution in [-0.4, -0.2) is 36.4 Å². The van der Waals surface area contributed by atoms with Gasteiger partial charge in [0.2, 0.25) is 10.0 Å². The highest BCUT2D eigenvalue weighted by molar-refractivity contribution is 7.89. The Balaban J connectivity index is 3.14. The number of carbonyl (C=O) groups is 1. The molecule has 1 heterocycles. The maximum Gasteiger partial charge on any atom is 0.345 e. The van der Waals surface area contributed by atoms with Gasteiger partial charge in [0.1, 0.15) is 4.88 Å². The molecule has 7 heteroatoms. The highest BCUT2D eigenvalue weighted by Gasteiger charge is 2.28. The minimum atomic E-state index is -3.59. The third kappa shape index (κ3) is 2.90. The molecule has 1 aromatic rings. The molecule has 0 amide bonds. The van der Waals surface area contributed by atoms with E-state index < -0.39 is 16.0 Å². The summed E-state index contributed by atoms with van der Waals surface area (Å²) < 4.78 is 26.1. The van der Waals surface area contributed by atoms with E-state index in [0.29, 0.717) is 13.0 Å². The second kappa shape index (κ2) is 5.81. The van der Waals surface area contributed by atoms with Crippen LogP contribution in [0, 0.1) is 0 Å². The molecule has 0 spiro atoms. The van der Waals surface area contributed by atoms with Crippen molar-refractivity contribution in [3.8, 4) is 0 Å². The van der Waals surface area contributed by atoms with Gasteiger partial charge in [0.25, 0.3) is 0 Å². The summed E-state index contributed by atoms with van der Waals surface area (Å²) in [6.07, 6.45) is 0.711. The summed E-state index contributed by atoms with van der Waals surface area (Å²) in [4.78, 5) is 10.9. The van der Waals surface area contributed by atoms with E-state index in [1.807, 2.05) is 13.8 Å². The Bertz CT molecular complexity index is 521. The molecule has 0 saturated carbocycles. The van der Waals surface area contributed by atoms with E-state index in [4.69, 9.17) is 5.11 Å². The molecular weight excluding hydrogens is 274 g/mol. The van der Waals surface area contributed by atoms with Gasteiger partial charge in [-0.05, 0) is 19.4 Å². The van der Waals surface area contributed by atoms with Gasteiger partial charge in [-0.3, -0.25) is 0 Å². The molecular formula is C11H17NO4S2. The van der Waals surface area contributed by atoms with Gasteiger partial charge < -0.3 is 5.11 Å². The lowest BCUT2D eigenvalue weighted by molar-refractivity contribution is 0.0702. The Kier molecular flexibility index (Phi) is 4.89. The number of carboxylic acids is 1. The number of thiophene rings is 1. The number of aromatic carboxylic acids is 1. The predicted octanol–water partition coefficient (Wildman–Crippen LogP) is 2.26. The first-order chi connectivity index (χ1) is 8.34. The van der Waals surface area contributed by atoms with Crippen molar-refractivity contribution in [2.24, 2.45) is 0 Å². The fraction of sp³-hybridized carbons (Fsp3) is 0.545. The molecule has 0 radical (unpaired) electrons. The van der Waals surface area contributed by atoms with Crippen molar-refractivity contribution >= 4 is 27.3 Å². The number of hydrogen-bond acceptors (Lipinski definition) is 4. The van der Waals surface area contributed by atoms with Crippen LogP contribution in [0.5, 0.6) is 0 Å². The van der Waals surface area contributed by atoms with E-state index in [0.717, 1.165) is 11.3 Å². The maximum atomic E-state index is 12.3. The second-order valence-corrected chi connectivity index (χ2v) is 6.72. The smallest absolute Gasteiger partial charge is 0.345 e. The lowest BCUT2D eigenvalue weighted by atomic mass is 10.3. The predicted molar refractivity (Wildman–Crippen MR) is 70.6 cm³/mol. The van der Waals surface area contributed by atoms with Gasteiger partial charge in [-0.1, -0.05) is 13.8 Å². The minimum Gasteiger partial charge on any atom is -0.477 e. The minimum absolute atomic E-state index is 0.0359. The van der Waals surface area contributed by atoms with Crippen molar-refractivity contribution < 1.29 is 18.3 Å². The van der Waals surface area contributed by atoms with Crippen LogP contribution in [0.25, 0.3) is 0 Å². The summed E-state index contributed by atoms with van der Waals surface area (Å²) in [5.41, 5.74) is 0. The first-order valence-electron chi connectivity index (χ1n) is 5.68. The number of nitrogens with zero attached hydrogens (tertiary/aromatic N) is 1. The van der Waals surface area contributed by atoms with Gasteiger partial charge in [-0.15, -0.1) is 11.3 Å². The number of carboxylic acid groups (broad SMARTS) is 1. The normalized spacial score (nSPS) is 13.8. The Morgan fingerprint density at radius 3 is 2.50 bits per heavy atom. The summed E-state index contributed by atoms with van der Waals surface area (Å²) in [7, 11) is -3.59. The maximum absolute atomic E-state index is 12.3. The molecule has 0 bridgehead atoms. The van der Waals surface area contributed by atoms with E-state index >= 15 is 0 Å². The zero-order chi connectivity index (χ0) is 13.9. The SMILES string of the molecule is CCC(C)N(CC)S(=O)(=O)c1csc(C(=O)O)c1. The standard InChI is InChI=1S/C11H17NO4S2/c1-4-8(3)12(5-2)18(15,16)9-6-10(11(13)14)17-7-9/h6-8H,4-5H2,1-3H3,(H,13,14). The van der Waals surface area contributed by atoms with Gasteiger partial charge in [-0.2, -0.15) is 4.31 Å². The van der Waals surface area contributed by atoms with Crippen LogP contribution in [0.1, 0.15) is 36.9 Å². The van der Waals surface area contributed by atoms with Crippen molar-refractivity contribution in [3.63, 3.8) is 0 Å². The summed E-state index contributed by atoms with van der Waals surface area (Å²) in [6.45, 7) is 5.90. The molecule has 102 valence electrons. The summed E-state index contributed by atoms with van der Waals surface area (Å²) in [5.74, 6) is -1.10. The van der Waals surface area contributed by atoms with Gasteiger partial charge in [0, 0.05) is 18.0 Å². The monoisotopic (exact) mass is 291 g/mol. The summed E-state index contributed by atoms with van der Waals surface area (Å²) >= 11 is 0.926. The van der Waals surface area contributed by atoms with Crippen molar-refractivity contribution in [1.82, 2.24) is 4.31 Å². The molecule has 18 heavy (non-hydrogen) atoms. The first-order valence-corrected chi connectivity index (χ1v) is 8.00. The van der Waals surface area contributed by atoms with E-state index in [2.05, 4.69) is 0 Å². The van der Waals surface area contributed by atoms with E-state index in [9.17, 15) is 13.2 Å². The summed E-state index contributed by atoms with van der Waals surface area (Å²) in [5, 5.41) is 10.2. The lowest BCUT2D eigenvalue weighted by Gasteiger charge is -2.25. The highest BCUT2D eigenvalue weighted by Crippen LogP contribution is 2.24. The molecule has 0 aliphatic heterocycles. The van der Waals surface area contributed by atoms with Crippen LogP contribution in [0.3, 0.4) is 0 Å². The van der Waals surface area contributed by atoms with Crippen molar-refractivity contribution in [2.45, 2.75) is 38.1 Å². The van der Waals surface area contributed by atoms with Crippen LogP contribution in [-0.2, 0) is 10.0 Å². The third-order valence-corrected chi connectivity index (χ3v) is 5.92. The van der Waals surface area contributed by atoms with Crippen LogP contribution in [0.15, 0.2) is 16.3 Å². The Labute approximate surface area is 111 Å². The Hall–Kier alpha value is -0.920. The van der Waals surface area contributed by atoms with E-state index in [-0.39, 0.29) is 15.8 Å². The Morgan fingerprint density at radius 2 is 2.11 bits per heavy atom. The number of sulfonamides is 1. The number of rotatable bonds is 6. The van der Waals surface area contributed by atoms with Crippen molar-refractivity contribution in [1.29, 1.82) is 0 Å². The largest absolute Gasteiger partial charge is 0.477 e. The molecule has 0 fully saturated rings. The van der Waals surface area contributed by atoms with Crippen molar-refractivity contribution in [3.05, 3.63) is 16.3 Å². The van der Waals surface area contributed by atoms with Gasteiger partial charge in [-0.25, -0.2) is 13.2 Å². The molecule has 5 nitrogen and oxygen atoms in total. The molecule has 1 N–H and O–H groups in total. The zero-order valence-corrected chi connectivity index (χ0v) is 12.2. The quantitative estimate of drug-likeness (QED) is 0.872. The zero-order valence-electron chi connectivity index (χ0n) is 10.6. The molecule has 0 aliphatic carbocycles. The second-order valence-electron chi connectivity index (χ2n) is 3.92. The van der Waals surface area contributed by atoms with Crippen LogP contribution in [0.2, 0.25) is 0 Å². The van der Waals surface area contributed by atoms with E-state index in [1.165, 1.54) is 15.8 Å². The molecule has 0 aromatic carbocycles. The Morgan fingerprint density at radius 1 is 1.50 bits per heavy atom. The molecule has 1 aromatic heterocycles. The fourth-order valence-corrected chi connectivity index (χ4v) is 4.44. The van der Waals surface area contributed by atoms with E-state index in [1.54, 1.807) is 6.92 Å². The van der Waals surface area contributed by atoms with Gasteiger partial charge in [0.15, 0.2) is 0 Å². The van der Waals surface area contributed by atoms with Crippen LogP contribution >= 0.6 is 11.3 Å². The molecule has 1 unspecified atom stereocenters. The van der Waals surface area contributed by atoms with Crippen LogP contribution in [0.4, 0.5) is 0 Å². The topological polar surface area (TPSA) is 74.7 Å². The molecule has 1 atom stereocenters. The third-order valence-electron chi connectivity index (χ3n) is 2.79. The van der Waals surface area contributed by atoms with Gasteiger partial charge >= 0.3 is 5.97 Å². The van der Waals surface area contributed by atoms with Crippen molar-refractivity contribution in [2.75, 3.05) is 6.54 Å². The summed E-state index contributed by atoms with van der Waals surface area (Å²) in [6, 6.07) is 1.11. The molecule has 0 saturated heterocycles. The molecule has 1 rings (SSSR count). The molecule has 0 aliphatic rings. The average Bonchev–Trinajstić information content (AvgIpc) is 2.79.